The van der Waals surface area contributed by atoms with Crippen molar-refractivity contribution in [3.63, 3.8) is 0 Å². The summed E-state index contributed by atoms with van der Waals surface area (Å²) in [6.07, 6.45) is 5.04. The molecule has 0 heterocycles. The van der Waals surface area contributed by atoms with Crippen LogP contribution in [0.4, 0.5) is 0 Å². The SMILES string of the molecule is CCCCC[C@H](O)[C@H](O)C=Cc1ccccc1[C@@H](O)CCCC(=O)O. The number of rotatable bonds is 12. The predicted octanol–water partition coefficient (Wildman–Crippen LogP) is 3.29. The molecule has 1 rings (SSSR count). The van der Waals surface area contributed by atoms with Crippen molar-refractivity contribution in [1.29, 1.82) is 0 Å². The second-order valence-electron chi connectivity index (χ2n) is 6.34. The number of hydrogen-bond acceptors (Lipinski definition) is 4. The average molecular weight is 350 g/mol. The Morgan fingerprint density at radius 2 is 1.80 bits per heavy atom. The molecule has 0 radical (unpaired) electrons. The van der Waals surface area contributed by atoms with Gasteiger partial charge >= 0.3 is 5.97 Å². The standard InChI is InChI=1S/C20H30O5/c1-2-3-4-10-18(22)19(23)14-13-15-8-5-6-9-16(15)17(21)11-7-12-20(24)25/h5-6,8-9,13-14,17-19,21-23H,2-4,7,10-12H2,1H3,(H,24,25)/t17-,18-,19+/m0/s1. The van der Waals surface area contributed by atoms with Crippen LogP contribution < -0.4 is 0 Å². The second-order valence-corrected chi connectivity index (χ2v) is 6.34. The lowest BCUT2D eigenvalue weighted by molar-refractivity contribution is -0.137. The maximum absolute atomic E-state index is 10.6. The van der Waals surface area contributed by atoms with Crippen molar-refractivity contribution in [2.24, 2.45) is 0 Å². The fraction of sp³-hybridized carbons (Fsp3) is 0.550. The quantitative estimate of drug-likeness (QED) is 0.434. The third-order valence-corrected chi connectivity index (χ3v) is 4.19. The highest BCUT2D eigenvalue weighted by atomic mass is 16.4. The van der Waals surface area contributed by atoms with Gasteiger partial charge < -0.3 is 20.4 Å². The van der Waals surface area contributed by atoms with Gasteiger partial charge in [-0.1, -0.05) is 62.6 Å². The van der Waals surface area contributed by atoms with Crippen molar-refractivity contribution < 1.29 is 25.2 Å². The topological polar surface area (TPSA) is 98.0 Å². The number of hydrogen-bond donors (Lipinski definition) is 4. The zero-order valence-electron chi connectivity index (χ0n) is 14.8. The lowest BCUT2D eigenvalue weighted by Crippen LogP contribution is -2.23. The van der Waals surface area contributed by atoms with Crippen LogP contribution in [0, 0.1) is 0 Å². The van der Waals surface area contributed by atoms with Crippen LogP contribution >= 0.6 is 0 Å². The van der Waals surface area contributed by atoms with Gasteiger partial charge in [-0.25, -0.2) is 0 Å². The van der Waals surface area contributed by atoms with E-state index >= 15 is 0 Å². The van der Waals surface area contributed by atoms with Crippen LogP contribution in [0.5, 0.6) is 0 Å². The summed E-state index contributed by atoms with van der Waals surface area (Å²) in [6.45, 7) is 2.08. The molecule has 0 aliphatic carbocycles. The Hall–Kier alpha value is -1.69. The van der Waals surface area contributed by atoms with E-state index in [0.717, 1.165) is 24.8 Å². The van der Waals surface area contributed by atoms with E-state index in [9.17, 15) is 20.1 Å². The van der Waals surface area contributed by atoms with Gasteiger partial charge in [0.2, 0.25) is 0 Å². The number of benzene rings is 1. The first-order valence-electron chi connectivity index (χ1n) is 8.98. The van der Waals surface area contributed by atoms with E-state index < -0.39 is 24.3 Å². The molecule has 1 aromatic rings. The molecule has 1 aromatic carbocycles. The summed E-state index contributed by atoms with van der Waals surface area (Å²) >= 11 is 0. The number of aliphatic carboxylic acids is 1. The van der Waals surface area contributed by atoms with Crippen LogP contribution in [0.15, 0.2) is 30.3 Å². The Bertz CT molecular complexity index is 541. The van der Waals surface area contributed by atoms with Crippen molar-refractivity contribution >= 4 is 12.0 Å². The highest BCUT2D eigenvalue weighted by Crippen LogP contribution is 2.24. The van der Waals surface area contributed by atoms with E-state index in [1.807, 2.05) is 18.2 Å². The van der Waals surface area contributed by atoms with Gasteiger partial charge in [0.15, 0.2) is 0 Å². The average Bonchev–Trinajstić information content (AvgIpc) is 2.59. The highest BCUT2D eigenvalue weighted by molar-refractivity contribution is 5.66. The van der Waals surface area contributed by atoms with Crippen molar-refractivity contribution in [3.05, 3.63) is 41.5 Å². The summed E-state index contributed by atoms with van der Waals surface area (Å²) < 4.78 is 0. The van der Waals surface area contributed by atoms with Crippen LogP contribution in [0.1, 0.15) is 69.1 Å². The van der Waals surface area contributed by atoms with Crippen LogP contribution in [-0.4, -0.2) is 38.6 Å². The molecule has 0 saturated carbocycles. The van der Waals surface area contributed by atoms with Crippen molar-refractivity contribution in [2.45, 2.75) is 70.2 Å². The van der Waals surface area contributed by atoms with Crippen LogP contribution in [0.3, 0.4) is 0 Å². The van der Waals surface area contributed by atoms with Gasteiger partial charge in [-0.3, -0.25) is 4.79 Å². The van der Waals surface area contributed by atoms with E-state index in [0.29, 0.717) is 24.8 Å². The molecule has 0 bridgehead atoms. The molecule has 140 valence electrons. The predicted molar refractivity (Wildman–Crippen MR) is 98.1 cm³/mol. The van der Waals surface area contributed by atoms with E-state index in [-0.39, 0.29) is 6.42 Å². The molecular weight excluding hydrogens is 320 g/mol. The van der Waals surface area contributed by atoms with Gasteiger partial charge in [-0.2, -0.15) is 0 Å². The molecule has 5 heteroatoms. The van der Waals surface area contributed by atoms with Gasteiger partial charge in [0.1, 0.15) is 0 Å². The molecule has 0 amide bonds. The van der Waals surface area contributed by atoms with E-state index in [1.165, 1.54) is 0 Å². The number of unbranched alkanes of at least 4 members (excludes halogenated alkanes) is 2. The minimum atomic E-state index is -0.950. The molecule has 5 nitrogen and oxygen atoms in total. The lowest BCUT2D eigenvalue weighted by Gasteiger charge is -2.16. The van der Waals surface area contributed by atoms with E-state index in [2.05, 4.69) is 6.92 Å². The first-order chi connectivity index (χ1) is 12.0. The summed E-state index contributed by atoms with van der Waals surface area (Å²) in [6, 6.07) is 7.25. The number of aliphatic hydroxyl groups is 3. The van der Waals surface area contributed by atoms with Crippen molar-refractivity contribution in [3.8, 4) is 0 Å². The molecule has 0 aromatic heterocycles. The van der Waals surface area contributed by atoms with Gasteiger partial charge in [0.25, 0.3) is 0 Å². The van der Waals surface area contributed by atoms with Crippen LogP contribution in [0.2, 0.25) is 0 Å². The highest BCUT2D eigenvalue weighted by Gasteiger charge is 2.14. The zero-order chi connectivity index (χ0) is 18.7. The molecule has 0 saturated heterocycles. The molecule has 3 atom stereocenters. The molecule has 0 spiro atoms. The normalized spacial score (nSPS) is 15.2. The van der Waals surface area contributed by atoms with Gasteiger partial charge in [0.05, 0.1) is 18.3 Å². The van der Waals surface area contributed by atoms with Crippen molar-refractivity contribution in [2.75, 3.05) is 0 Å². The summed E-state index contributed by atoms with van der Waals surface area (Å²) in [5.74, 6) is -0.874. The Morgan fingerprint density at radius 1 is 1.08 bits per heavy atom. The minimum Gasteiger partial charge on any atom is -0.481 e. The molecule has 0 aliphatic heterocycles. The Kier molecular flexibility index (Phi) is 10.1. The molecule has 0 fully saturated rings. The van der Waals surface area contributed by atoms with Crippen LogP contribution in [-0.2, 0) is 4.79 Å². The third-order valence-electron chi connectivity index (χ3n) is 4.19. The van der Waals surface area contributed by atoms with E-state index in [4.69, 9.17) is 5.11 Å². The summed E-state index contributed by atoms with van der Waals surface area (Å²) in [4.78, 5) is 10.6. The molecule has 0 unspecified atom stereocenters. The molecule has 4 N–H and O–H groups in total. The Labute approximate surface area is 149 Å². The molecule has 0 aliphatic rings. The smallest absolute Gasteiger partial charge is 0.303 e. The fourth-order valence-corrected chi connectivity index (χ4v) is 2.67. The maximum Gasteiger partial charge on any atom is 0.303 e. The van der Waals surface area contributed by atoms with Gasteiger partial charge in [0, 0.05) is 6.42 Å². The number of carboxylic acids is 1. The number of carbonyl (C=O) groups is 1. The molecule has 25 heavy (non-hydrogen) atoms. The fourth-order valence-electron chi connectivity index (χ4n) is 2.67. The lowest BCUT2D eigenvalue weighted by atomic mass is 9.97. The summed E-state index contributed by atoms with van der Waals surface area (Å²) in [5, 5.41) is 39.0. The number of carboxylic acid groups (broad SMARTS) is 1. The van der Waals surface area contributed by atoms with E-state index in [1.54, 1.807) is 18.2 Å². The van der Waals surface area contributed by atoms with Crippen LogP contribution in [0.25, 0.3) is 6.08 Å². The number of aliphatic hydroxyl groups excluding tert-OH is 3. The third kappa shape index (κ3) is 8.29. The Morgan fingerprint density at radius 3 is 2.48 bits per heavy atom. The first kappa shape index (κ1) is 21.4. The van der Waals surface area contributed by atoms with Crippen molar-refractivity contribution in [1.82, 2.24) is 0 Å². The first-order valence-corrected chi connectivity index (χ1v) is 8.98. The zero-order valence-corrected chi connectivity index (χ0v) is 14.8. The van der Waals surface area contributed by atoms with Gasteiger partial charge in [-0.15, -0.1) is 0 Å². The summed E-state index contributed by atoms with van der Waals surface area (Å²) in [7, 11) is 0. The maximum atomic E-state index is 10.6. The summed E-state index contributed by atoms with van der Waals surface area (Å²) in [5.41, 5.74) is 1.45. The largest absolute Gasteiger partial charge is 0.481 e. The molecular formula is C20H30O5. The van der Waals surface area contributed by atoms with Gasteiger partial charge in [-0.05, 0) is 30.4 Å². The monoisotopic (exact) mass is 350 g/mol. The minimum absolute atomic E-state index is 0.0255. The second kappa shape index (κ2) is 11.8. The Balaban J connectivity index is 2.67.